The number of nitrogens with one attached hydrogen (secondary N) is 1. The standard InChI is InChI=1S/C23H25FN4O/c1-14-12-17(8-10-20(14)24)27-21-18-9-7-15(2)26-22(18)25-13-19(21)23(29)28-11-5-4-6-16(28)3/h7-10,12-13,16H,4-6,11H2,1-3H3,(H,25,26,27)/t16-/m0/s1. The summed E-state index contributed by atoms with van der Waals surface area (Å²) in [6.07, 6.45) is 4.77. The fourth-order valence-corrected chi connectivity index (χ4v) is 3.89. The summed E-state index contributed by atoms with van der Waals surface area (Å²) in [6, 6.07) is 8.87. The molecule has 6 heteroatoms. The van der Waals surface area contributed by atoms with Gasteiger partial charge in [-0.15, -0.1) is 0 Å². The molecule has 150 valence electrons. The molecule has 0 bridgehead atoms. The fourth-order valence-electron chi connectivity index (χ4n) is 3.89. The van der Waals surface area contributed by atoms with E-state index < -0.39 is 0 Å². The molecule has 2 aromatic heterocycles. The van der Waals surface area contributed by atoms with Gasteiger partial charge in [0.15, 0.2) is 5.65 Å². The number of anilines is 2. The molecule has 1 aliphatic rings. The number of hydrogen-bond donors (Lipinski definition) is 1. The van der Waals surface area contributed by atoms with Crippen molar-refractivity contribution in [1.29, 1.82) is 0 Å². The summed E-state index contributed by atoms with van der Waals surface area (Å²) >= 11 is 0. The number of pyridine rings is 2. The number of amides is 1. The molecule has 1 N–H and O–H groups in total. The number of rotatable bonds is 3. The summed E-state index contributed by atoms with van der Waals surface area (Å²) in [7, 11) is 0. The third kappa shape index (κ3) is 3.79. The van der Waals surface area contributed by atoms with Crippen LogP contribution in [0.3, 0.4) is 0 Å². The molecular formula is C23H25FN4O. The second-order valence-corrected chi connectivity index (χ2v) is 7.80. The van der Waals surface area contributed by atoms with E-state index in [1.165, 1.54) is 6.07 Å². The predicted octanol–water partition coefficient (Wildman–Crippen LogP) is 5.14. The van der Waals surface area contributed by atoms with Crippen molar-refractivity contribution in [2.75, 3.05) is 11.9 Å². The van der Waals surface area contributed by atoms with Crippen LogP contribution in [0.5, 0.6) is 0 Å². The summed E-state index contributed by atoms with van der Waals surface area (Å²) in [5, 5.41) is 4.12. The minimum atomic E-state index is -0.258. The highest BCUT2D eigenvalue weighted by molar-refractivity contribution is 6.07. The van der Waals surface area contributed by atoms with E-state index in [2.05, 4.69) is 22.2 Å². The van der Waals surface area contributed by atoms with Crippen LogP contribution in [0.2, 0.25) is 0 Å². The first-order valence-corrected chi connectivity index (χ1v) is 10.0. The van der Waals surface area contributed by atoms with E-state index >= 15 is 0 Å². The van der Waals surface area contributed by atoms with Gasteiger partial charge < -0.3 is 10.2 Å². The van der Waals surface area contributed by atoms with Gasteiger partial charge in [-0.05, 0) is 75.9 Å². The molecule has 4 rings (SSSR count). The van der Waals surface area contributed by atoms with Crippen LogP contribution in [-0.2, 0) is 0 Å². The first-order chi connectivity index (χ1) is 13.9. The van der Waals surface area contributed by atoms with E-state index in [0.717, 1.165) is 42.6 Å². The highest BCUT2D eigenvalue weighted by Gasteiger charge is 2.27. The lowest BCUT2D eigenvalue weighted by atomic mass is 10.0. The van der Waals surface area contributed by atoms with Gasteiger partial charge in [0, 0.05) is 35.6 Å². The lowest BCUT2D eigenvalue weighted by Gasteiger charge is -2.34. The molecule has 1 saturated heterocycles. The van der Waals surface area contributed by atoms with Gasteiger partial charge in [0.05, 0.1) is 11.3 Å². The Morgan fingerprint density at radius 1 is 1.21 bits per heavy atom. The van der Waals surface area contributed by atoms with E-state index in [9.17, 15) is 9.18 Å². The maximum atomic E-state index is 13.7. The maximum absolute atomic E-state index is 13.7. The van der Waals surface area contributed by atoms with Gasteiger partial charge >= 0.3 is 0 Å². The highest BCUT2D eigenvalue weighted by Crippen LogP contribution is 2.31. The predicted molar refractivity (Wildman–Crippen MR) is 113 cm³/mol. The Bertz CT molecular complexity index is 1080. The minimum absolute atomic E-state index is 0.0338. The summed E-state index contributed by atoms with van der Waals surface area (Å²) in [5.74, 6) is -0.292. The van der Waals surface area contributed by atoms with Crippen LogP contribution in [0.4, 0.5) is 15.8 Å². The number of aryl methyl sites for hydroxylation is 2. The van der Waals surface area contributed by atoms with Crippen molar-refractivity contribution in [2.45, 2.75) is 46.1 Å². The average Bonchev–Trinajstić information content (AvgIpc) is 2.70. The van der Waals surface area contributed by atoms with Crippen LogP contribution in [0, 0.1) is 19.7 Å². The SMILES string of the molecule is Cc1ccc2c(Nc3ccc(F)c(C)c3)c(C(=O)N3CCCC[C@@H]3C)cnc2n1. The van der Waals surface area contributed by atoms with Crippen LogP contribution in [0.15, 0.2) is 36.5 Å². The summed E-state index contributed by atoms with van der Waals surface area (Å²) in [4.78, 5) is 24.3. The zero-order chi connectivity index (χ0) is 20.5. The molecule has 3 heterocycles. The van der Waals surface area contributed by atoms with E-state index in [1.807, 2.05) is 24.0 Å². The zero-order valence-electron chi connectivity index (χ0n) is 17.0. The molecule has 5 nitrogen and oxygen atoms in total. The number of aromatic nitrogens is 2. The first kappa shape index (κ1) is 19.3. The van der Waals surface area contributed by atoms with Crippen LogP contribution >= 0.6 is 0 Å². The van der Waals surface area contributed by atoms with E-state index in [4.69, 9.17) is 0 Å². The third-order valence-corrected chi connectivity index (χ3v) is 5.59. The lowest BCUT2D eigenvalue weighted by molar-refractivity contribution is 0.0636. The third-order valence-electron chi connectivity index (χ3n) is 5.59. The Kier molecular flexibility index (Phi) is 5.18. The van der Waals surface area contributed by atoms with Crippen LogP contribution < -0.4 is 5.32 Å². The Balaban J connectivity index is 1.82. The van der Waals surface area contributed by atoms with Crippen molar-refractivity contribution in [3.63, 3.8) is 0 Å². The molecule has 0 spiro atoms. The Morgan fingerprint density at radius 2 is 2.03 bits per heavy atom. The second kappa shape index (κ2) is 7.78. The molecule has 1 fully saturated rings. The van der Waals surface area contributed by atoms with Gasteiger partial charge in [-0.25, -0.2) is 14.4 Å². The molecule has 0 unspecified atom stereocenters. The summed E-state index contributed by atoms with van der Waals surface area (Å²) in [6.45, 7) is 6.47. The van der Waals surface area contributed by atoms with Crippen molar-refractivity contribution in [2.24, 2.45) is 0 Å². The van der Waals surface area contributed by atoms with E-state index in [0.29, 0.717) is 22.5 Å². The van der Waals surface area contributed by atoms with E-state index in [-0.39, 0.29) is 17.8 Å². The number of nitrogens with zero attached hydrogens (tertiary/aromatic N) is 3. The molecule has 29 heavy (non-hydrogen) atoms. The Hall–Kier alpha value is -3.02. The number of carbonyl (C=O) groups excluding carboxylic acids is 1. The van der Waals surface area contributed by atoms with Crippen molar-refractivity contribution in [1.82, 2.24) is 14.9 Å². The number of benzene rings is 1. The number of likely N-dealkylation sites (tertiary alicyclic amines) is 1. The molecule has 1 atom stereocenters. The molecule has 0 saturated carbocycles. The average molecular weight is 392 g/mol. The lowest BCUT2D eigenvalue weighted by Crippen LogP contribution is -2.42. The molecule has 0 aliphatic carbocycles. The molecule has 1 aromatic carbocycles. The largest absolute Gasteiger partial charge is 0.354 e. The van der Waals surface area contributed by atoms with Gasteiger partial charge in [-0.1, -0.05) is 0 Å². The zero-order valence-corrected chi connectivity index (χ0v) is 17.0. The molecule has 0 radical (unpaired) electrons. The maximum Gasteiger partial charge on any atom is 0.257 e. The van der Waals surface area contributed by atoms with Gasteiger partial charge in [0.2, 0.25) is 0 Å². The minimum Gasteiger partial charge on any atom is -0.354 e. The van der Waals surface area contributed by atoms with Crippen LogP contribution in [0.25, 0.3) is 11.0 Å². The van der Waals surface area contributed by atoms with Crippen LogP contribution in [-0.4, -0.2) is 33.4 Å². The number of carbonyl (C=O) groups is 1. The Labute approximate surface area is 170 Å². The second-order valence-electron chi connectivity index (χ2n) is 7.80. The summed E-state index contributed by atoms with van der Waals surface area (Å²) < 4.78 is 13.7. The van der Waals surface area contributed by atoms with Crippen LogP contribution in [0.1, 0.15) is 47.8 Å². The molecular weight excluding hydrogens is 367 g/mol. The van der Waals surface area contributed by atoms with Crippen molar-refractivity contribution >= 4 is 28.3 Å². The van der Waals surface area contributed by atoms with Crippen molar-refractivity contribution in [3.05, 3.63) is 59.2 Å². The molecule has 1 amide bonds. The monoisotopic (exact) mass is 392 g/mol. The van der Waals surface area contributed by atoms with E-state index in [1.54, 1.807) is 25.3 Å². The molecule has 1 aliphatic heterocycles. The number of halogens is 1. The summed E-state index contributed by atoms with van der Waals surface area (Å²) in [5.41, 5.74) is 3.87. The number of hydrogen-bond acceptors (Lipinski definition) is 4. The Morgan fingerprint density at radius 3 is 2.79 bits per heavy atom. The fraction of sp³-hybridized carbons (Fsp3) is 0.348. The highest BCUT2D eigenvalue weighted by atomic mass is 19.1. The normalized spacial score (nSPS) is 16.8. The van der Waals surface area contributed by atoms with Gasteiger partial charge in [-0.3, -0.25) is 4.79 Å². The molecule has 3 aromatic rings. The number of piperidine rings is 1. The van der Waals surface area contributed by atoms with Crippen molar-refractivity contribution in [3.8, 4) is 0 Å². The number of fused-ring (bicyclic) bond motifs is 1. The first-order valence-electron chi connectivity index (χ1n) is 10.0. The van der Waals surface area contributed by atoms with Gasteiger partial charge in [-0.2, -0.15) is 0 Å². The van der Waals surface area contributed by atoms with Crippen molar-refractivity contribution < 1.29 is 9.18 Å². The quantitative estimate of drug-likeness (QED) is 0.670. The topological polar surface area (TPSA) is 58.1 Å². The van der Waals surface area contributed by atoms with Gasteiger partial charge in [0.1, 0.15) is 5.82 Å². The smallest absolute Gasteiger partial charge is 0.257 e. The van der Waals surface area contributed by atoms with Gasteiger partial charge in [0.25, 0.3) is 5.91 Å².